The zero-order valence-corrected chi connectivity index (χ0v) is 14.3. The molecule has 6 heteroatoms. The third kappa shape index (κ3) is 3.33. The molecule has 0 aliphatic carbocycles. The number of para-hydroxylation sites is 1. The summed E-state index contributed by atoms with van der Waals surface area (Å²) in [5.74, 6) is 1.10. The molecule has 0 bridgehead atoms. The van der Waals surface area contributed by atoms with E-state index in [1.807, 2.05) is 49.6 Å². The lowest BCUT2D eigenvalue weighted by Gasteiger charge is -2.13. The molecular formula is C18H17NO4S. The lowest BCUT2D eigenvalue weighted by atomic mass is 10.1. The number of cyclic esters (lactones) is 1. The SMILES string of the molecule is CCOc1cccc(/C=C2\N=C(c3cccs3)OC2=O)c1OCC. The van der Waals surface area contributed by atoms with E-state index >= 15 is 0 Å². The fourth-order valence-corrected chi connectivity index (χ4v) is 2.93. The van der Waals surface area contributed by atoms with Gasteiger partial charge in [-0.2, -0.15) is 0 Å². The van der Waals surface area contributed by atoms with E-state index in [9.17, 15) is 4.79 Å². The van der Waals surface area contributed by atoms with E-state index in [-0.39, 0.29) is 5.70 Å². The Morgan fingerprint density at radius 1 is 1.17 bits per heavy atom. The number of ether oxygens (including phenoxy) is 3. The molecule has 1 aromatic carbocycles. The van der Waals surface area contributed by atoms with Crippen LogP contribution in [0.4, 0.5) is 0 Å². The number of benzene rings is 1. The van der Waals surface area contributed by atoms with Gasteiger partial charge in [0.05, 0.1) is 18.1 Å². The second kappa shape index (κ2) is 7.31. The highest BCUT2D eigenvalue weighted by atomic mass is 32.1. The summed E-state index contributed by atoms with van der Waals surface area (Å²) in [6.07, 6.45) is 1.66. The van der Waals surface area contributed by atoms with Gasteiger partial charge in [0.25, 0.3) is 0 Å². The molecule has 0 saturated carbocycles. The average molecular weight is 343 g/mol. The van der Waals surface area contributed by atoms with Gasteiger partial charge >= 0.3 is 5.97 Å². The first-order valence-corrected chi connectivity index (χ1v) is 8.56. The third-order valence-corrected chi connectivity index (χ3v) is 4.10. The van der Waals surface area contributed by atoms with Crippen molar-refractivity contribution in [2.24, 2.45) is 4.99 Å². The first-order valence-electron chi connectivity index (χ1n) is 7.68. The molecule has 2 heterocycles. The summed E-state index contributed by atoms with van der Waals surface area (Å²) in [6.45, 7) is 4.83. The van der Waals surface area contributed by atoms with E-state index in [0.717, 1.165) is 10.4 Å². The largest absolute Gasteiger partial charge is 0.490 e. The first kappa shape index (κ1) is 16.3. The standard InChI is InChI=1S/C18H17NO4S/c1-3-21-14-8-5-7-12(16(14)22-4-2)11-13-18(20)23-17(19-13)15-9-6-10-24-15/h5-11H,3-4H2,1-2H3/b13-11-. The summed E-state index contributed by atoms with van der Waals surface area (Å²) in [6, 6.07) is 9.29. The zero-order chi connectivity index (χ0) is 16.9. The molecule has 0 unspecified atom stereocenters. The van der Waals surface area contributed by atoms with Gasteiger partial charge in [-0.25, -0.2) is 9.79 Å². The Kier molecular flexibility index (Phi) is 4.96. The third-order valence-electron chi connectivity index (χ3n) is 3.24. The molecule has 0 spiro atoms. The number of hydrogen-bond acceptors (Lipinski definition) is 6. The Balaban J connectivity index is 1.98. The predicted molar refractivity (Wildman–Crippen MR) is 93.7 cm³/mol. The van der Waals surface area contributed by atoms with Crippen LogP contribution in [0.15, 0.2) is 46.4 Å². The van der Waals surface area contributed by atoms with Crippen LogP contribution >= 0.6 is 11.3 Å². The number of esters is 1. The Bertz CT molecular complexity index is 793. The molecule has 0 fully saturated rings. The van der Waals surface area contributed by atoms with Gasteiger partial charge in [0.1, 0.15) is 0 Å². The molecule has 1 aromatic heterocycles. The minimum atomic E-state index is -0.470. The van der Waals surface area contributed by atoms with Crippen LogP contribution in [0, 0.1) is 0 Å². The van der Waals surface area contributed by atoms with Crippen LogP contribution in [0.1, 0.15) is 24.3 Å². The topological polar surface area (TPSA) is 57.1 Å². The quantitative estimate of drug-likeness (QED) is 0.590. The monoisotopic (exact) mass is 343 g/mol. The molecule has 5 nitrogen and oxygen atoms in total. The maximum Gasteiger partial charge on any atom is 0.363 e. The number of thiophene rings is 1. The molecular weight excluding hydrogens is 326 g/mol. The van der Waals surface area contributed by atoms with E-state index in [2.05, 4.69) is 4.99 Å². The maximum absolute atomic E-state index is 12.1. The maximum atomic E-state index is 12.1. The van der Waals surface area contributed by atoms with Crippen molar-refractivity contribution in [1.82, 2.24) is 0 Å². The first-order chi connectivity index (χ1) is 11.7. The number of carbonyl (C=O) groups is 1. The van der Waals surface area contributed by atoms with E-state index in [1.54, 1.807) is 6.08 Å². The van der Waals surface area contributed by atoms with Crippen molar-refractivity contribution in [2.45, 2.75) is 13.8 Å². The molecule has 24 heavy (non-hydrogen) atoms. The molecule has 2 aromatic rings. The minimum absolute atomic E-state index is 0.244. The highest BCUT2D eigenvalue weighted by molar-refractivity contribution is 7.12. The van der Waals surface area contributed by atoms with Gasteiger partial charge in [0.15, 0.2) is 17.2 Å². The summed E-state index contributed by atoms with van der Waals surface area (Å²) in [4.78, 5) is 17.2. The van der Waals surface area contributed by atoms with Crippen molar-refractivity contribution < 1.29 is 19.0 Å². The van der Waals surface area contributed by atoms with Crippen LogP contribution in [0.2, 0.25) is 0 Å². The van der Waals surface area contributed by atoms with Crippen LogP contribution in [-0.4, -0.2) is 25.1 Å². The number of carbonyl (C=O) groups excluding carboxylic acids is 1. The number of hydrogen-bond donors (Lipinski definition) is 0. The van der Waals surface area contributed by atoms with E-state index in [4.69, 9.17) is 14.2 Å². The predicted octanol–water partition coefficient (Wildman–Crippen LogP) is 3.89. The second-order valence-electron chi connectivity index (χ2n) is 4.85. The van der Waals surface area contributed by atoms with Crippen LogP contribution in [0.5, 0.6) is 11.5 Å². The van der Waals surface area contributed by atoms with Gasteiger partial charge < -0.3 is 14.2 Å². The Hall–Kier alpha value is -2.60. The highest BCUT2D eigenvalue weighted by Gasteiger charge is 2.25. The van der Waals surface area contributed by atoms with Crippen LogP contribution in [-0.2, 0) is 9.53 Å². The van der Waals surface area contributed by atoms with E-state index in [1.165, 1.54) is 11.3 Å². The van der Waals surface area contributed by atoms with E-state index in [0.29, 0.717) is 30.6 Å². The summed E-state index contributed by atoms with van der Waals surface area (Å²) < 4.78 is 16.5. The molecule has 1 aliphatic rings. The fraction of sp³-hybridized carbons (Fsp3) is 0.222. The summed E-state index contributed by atoms with van der Waals surface area (Å²) >= 11 is 1.47. The van der Waals surface area contributed by atoms with Gasteiger partial charge in [-0.15, -0.1) is 11.3 Å². The van der Waals surface area contributed by atoms with Crippen molar-refractivity contribution in [1.29, 1.82) is 0 Å². The van der Waals surface area contributed by atoms with Crippen LogP contribution in [0.25, 0.3) is 6.08 Å². The molecule has 124 valence electrons. The Morgan fingerprint density at radius 2 is 2.00 bits per heavy atom. The Morgan fingerprint density at radius 3 is 2.71 bits per heavy atom. The lowest BCUT2D eigenvalue weighted by Crippen LogP contribution is -2.04. The normalized spacial score (nSPS) is 15.3. The molecule has 3 rings (SSSR count). The van der Waals surface area contributed by atoms with Crippen molar-refractivity contribution in [3.05, 3.63) is 51.8 Å². The smallest absolute Gasteiger partial charge is 0.363 e. The van der Waals surface area contributed by atoms with Gasteiger partial charge in [-0.1, -0.05) is 18.2 Å². The number of aliphatic imine (C=N–C) groups is 1. The Labute approximate surface area is 144 Å². The molecule has 0 saturated heterocycles. The van der Waals surface area contributed by atoms with Crippen molar-refractivity contribution in [3.8, 4) is 11.5 Å². The number of nitrogens with zero attached hydrogens (tertiary/aromatic N) is 1. The van der Waals surface area contributed by atoms with Crippen molar-refractivity contribution in [2.75, 3.05) is 13.2 Å². The summed E-state index contributed by atoms with van der Waals surface area (Å²) in [5, 5.41) is 1.91. The molecule has 1 aliphatic heterocycles. The average Bonchev–Trinajstić information content (AvgIpc) is 3.21. The molecule has 0 amide bonds. The van der Waals surface area contributed by atoms with Gasteiger partial charge in [-0.3, -0.25) is 0 Å². The minimum Gasteiger partial charge on any atom is -0.490 e. The van der Waals surface area contributed by atoms with Gasteiger partial charge in [0.2, 0.25) is 5.90 Å². The van der Waals surface area contributed by atoms with Gasteiger partial charge in [0, 0.05) is 5.56 Å². The van der Waals surface area contributed by atoms with Crippen molar-refractivity contribution >= 4 is 29.3 Å². The number of rotatable bonds is 6. The second-order valence-corrected chi connectivity index (χ2v) is 5.80. The van der Waals surface area contributed by atoms with Crippen LogP contribution < -0.4 is 9.47 Å². The van der Waals surface area contributed by atoms with Crippen LogP contribution in [0.3, 0.4) is 0 Å². The lowest BCUT2D eigenvalue weighted by molar-refractivity contribution is -0.129. The molecule has 0 atom stereocenters. The van der Waals surface area contributed by atoms with E-state index < -0.39 is 5.97 Å². The zero-order valence-electron chi connectivity index (χ0n) is 13.4. The summed E-state index contributed by atoms with van der Waals surface area (Å²) in [7, 11) is 0. The fourth-order valence-electron chi connectivity index (χ4n) is 2.28. The molecule has 0 N–H and O–H groups in total. The van der Waals surface area contributed by atoms with Crippen molar-refractivity contribution in [3.63, 3.8) is 0 Å². The summed E-state index contributed by atoms with van der Waals surface area (Å²) in [5.41, 5.74) is 0.971. The molecule has 0 radical (unpaired) electrons. The highest BCUT2D eigenvalue weighted by Crippen LogP contribution is 2.34. The van der Waals surface area contributed by atoms with Gasteiger partial charge in [-0.05, 0) is 37.4 Å².